The molecule has 27 heavy (non-hydrogen) atoms. The van der Waals surface area contributed by atoms with Crippen molar-refractivity contribution in [3.63, 3.8) is 0 Å². The van der Waals surface area contributed by atoms with Crippen LogP contribution in [0.15, 0.2) is 41.6 Å². The molecule has 0 amide bonds. The Balaban J connectivity index is 2.34. The molecule has 0 aliphatic rings. The van der Waals surface area contributed by atoms with Crippen LogP contribution >= 0.6 is 0 Å². The molecule has 12 heteroatoms. The van der Waals surface area contributed by atoms with Crippen LogP contribution in [0.5, 0.6) is 5.75 Å². The van der Waals surface area contributed by atoms with E-state index in [9.17, 15) is 35.6 Å². The van der Waals surface area contributed by atoms with Crippen molar-refractivity contribution in [2.45, 2.75) is 23.9 Å². The fraction of sp³-hybridized carbons (Fsp3) is 0.333. The number of ether oxygens (including phenoxy) is 1. The zero-order valence-electron chi connectivity index (χ0n) is 13.7. The Labute approximate surface area is 150 Å². The minimum absolute atomic E-state index is 0.0814. The van der Waals surface area contributed by atoms with E-state index in [2.05, 4.69) is 9.72 Å². The largest absolute Gasteiger partial charge is 0.618 e. The second kappa shape index (κ2) is 7.25. The maximum absolute atomic E-state index is 12.9. The van der Waals surface area contributed by atoms with Crippen LogP contribution in [-0.2, 0) is 9.84 Å². The van der Waals surface area contributed by atoms with Gasteiger partial charge in [0.25, 0.3) is 0 Å². The summed E-state index contributed by atoms with van der Waals surface area (Å²) in [4.78, 5) is 3.65. The summed E-state index contributed by atoms with van der Waals surface area (Å²) in [6.07, 6.45) is -3.94. The van der Waals surface area contributed by atoms with Crippen molar-refractivity contribution in [2.24, 2.45) is 0 Å². The highest BCUT2D eigenvalue weighted by Gasteiger charge is 2.58. The summed E-state index contributed by atoms with van der Waals surface area (Å²) in [6, 6.07) is 4.59. The molecule has 0 aliphatic carbocycles. The summed E-state index contributed by atoms with van der Waals surface area (Å²) in [5, 5.41) is 12.1. The Kier molecular flexibility index (Phi) is 5.59. The van der Waals surface area contributed by atoms with E-state index in [1.807, 2.05) is 0 Å². The molecular weight excluding hydrogens is 399 g/mol. The summed E-state index contributed by atoms with van der Waals surface area (Å²) < 4.78 is 90.8. The van der Waals surface area contributed by atoms with Gasteiger partial charge in [-0.15, -0.1) is 0 Å². The van der Waals surface area contributed by atoms with Crippen molar-refractivity contribution >= 4 is 9.84 Å². The van der Waals surface area contributed by atoms with Crippen LogP contribution in [0.4, 0.5) is 22.0 Å². The van der Waals surface area contributed by atoms with Crippen LogP contribution < -0.4 is 9.47 Å². The molecule has 2 aromatic heterocycles. The number of hydrogen-bond donors (Lipinski definition) is 0. The lowest BCUT2D eigenvalue weighted by molar-refractivity contribution is -0.594. The number of rotatable bonds is 6. The van der Waals surface area contributed by atoms with Crippen LogP contribution in [0.1, 0.15) is 6.92 Å². The number of hydrogen-bond acceptors (Lipinski definition) is 5. The van der Waals surface area contributed by atoms with Crippen molar-refractivity contribution in [1.29, 1.82) is 0 Å². The lowest BCUT2D eigenvalue weighted by Crippen LogP contribution is -2.42. The van der Waals surface area contributed by atoms with E-state index in [-0.39, 0.29) is 26.8 Å². The van der Waals surface area contributed by atoms with Gasteiger partial charge in [-0.25, -0.2) is 13.4 Å². The molecule has 0 aliphatic heterocycles. The summed E-state index contributed by atoms with van der Waals surface area (Å²) in [5.41, 5.74) is -0.418. The number of halogens is 5. The lowest BCUT2D eigenvalue weighted by Gasteiger charge is -2.19. The molecular formula is C15H13F5N2O4S. The first-order valence-electron chi connectivity index (χ1n) is 7.38. The van der Waals surface area contributed by atoms with Gasteiger partial charge in [-0.05, 0) is 18.2 Å². The quantitative estimate of drug-likeness (QED) is 0.414. The highest BCUT2D eigenvalue weighted by atomic mass is 32.2. The van der Waals surface area contributed by atoms with Crippen LogP contribution in [0.25, 0.3) is 11.4 Å². The average Bonchev–Trinajstić information content (AvgIpc) is 2.59. The summed E-state index contributed by atoms with van der Waals surface area (Å²) in [6.45, 7) is -0.607. The van der Waals surface area contributed by atoms with E-state index in [4.69, 9.17) is 0 Å². The van der Waals surface area contributed by atoms with Gasteiger partial charge in [0.2, 0.25) is 11.9 Å². The molecule has 0 aromatic carbocycles. The minimum atomic E-state index is -5.79. The van der Waals surface area contributed by atoms with Crippen molar-refractivity contribution in [3.05, 3.63) is 41.9 Å². The monoisotopic (exact) mass is 412 g/mol. The smallest absolute Gasteiger partial charge is 0.456 e. The lowest BCUT2D eigenvalue weighted by atomic mass is 10.2. The van der Waals surface area contributed by atoms with Crippen molar-refractivity contribution in [2.75, 3.05) is 12.4 Å². The minimum Gasteiger partial charge on any atom is -0.618 e. The first-order valence-corrected chi connectivity index (χ1v) is 9.03. The van der Waals surface area contributed by atoms with Crippen molar-refractivity contribution in [3.8, 4) is 17.1 Å². The number of sulfone groups is 1. The van der Waals surface area contributed by atoms with Gasteiger partial charge < -0.3 is 9.94 Å². The third-order valence-corrected chi connectivity index (χ3v) is 5.21. The Bertz CT molecular complexity index is 932. The van der Waals surface area contributed by atoms with Crippen LogP contribution in [-0.4, -0.2) is 37.9 Å². The zero-order chi connectivity index (χ0) is 20.5. The van der Waals surface area contributed by atoms with E-state index in [1.54, 1.807) is 0 Å². The highest BCUT2D eigenvalue weighted by Crippen LogP contribution is 2.35. The molecule has 2 aromatic rings. The van der Waals surface area contributed by atoms with E-state index in [0.717, 1.165) is 12.1 Å². The standard InChI is InChI=1S/C15H13F5N2O4S/c1-2-27(24,25)12-4-3-7-21-13(12)11-6-5-10(8-22(11)23)26-9-14(16,17)15(18,19)20/h3-8H,2,9H2,1H3. The molecule has 0 atom stereocenters. The van der Waals surface area contributed by atoms with Crippen LogP contribution in [0.3, 0.4) is 0 Å². The predicted octanol–water partition coefficient (Wildman–Crippen LogP) is 2.75. The maximum atomic E-state index is 12.9. The Hall–Kier alpha value is -2.50. The summed E-state index contributed by atoms with van der Waals surface area (Å²) >= 11 is 0. The predicted molar refractivity (Wildman–Crippen MR) is 82.9 cm³/mol. The fourth-order valence-corrected chi connectivity index (χ4v) is 3.03. The van der Waals surface area contributed by atoms with Gasteiger partial charge in [0.05, 0.1) is 10.6 Å². The van der Waals surface area contributed by atoms with Crippen molar-refractivity contribution in [1.82, 2.24) is 4.98 Å². The van der Waals surface area contributed by atoms with Crippen molar-refractivity contribution < 1.29 is 39.8 Å². The number of pyridine rings is 2. The molecule has 0 fully saturated rings. The third kappa shape index (κ3) is 4.43. The summed E-state index contributed by atoms with van der Waals surface area (Å²) in [5.74, 6) is -5.89. The van der Waals surface area contributed by atoms with E-state index in [0.29, 0.717) is 6.20 Å². The Morgan fingerprint density at radius 2 is 1.85 bits per heavy atom. The molecule has 148 valence electrons. The van der Waals surface area contributed by atoms with Gasteiger partial charge in [0.15, 0.2) is 27.9 Å². The third-order valence-electron chi connectivity index (χ3n) is 3.45. The molecule has 0 N–H and O–H groups in total. The molecule has 0 unspecified atom stereocenters. The molecule has 6 nitrogen and oxygen atoms in total. The van der Waals surface area contributed by atoms with Gasteiger partial charge in [-0.2, -0.15) is 26.7 Å². The van der Waals surface area contributed by atoms with Gasteiger partial charge in [-0.3, -0.25) is 0 Å². The van der Waals surface area contributed by atoms with E-state index in [1.165, 1.54) is 25.3 Å². The maximum Gasteiger partial charge on any atom is 0.456 e. The normalized spacial score (nSPS) is 12.8. The highest BCUT2D eigenvalue weighted by molar-refractivity contribution is 7.91. The molecule has 0 spiro atoms. The summed E-state index contributed by atoms with van der Waals surface area (Å²) in [7, 11) is -3.72. The van der Waals surface area contributed by atoms with Gasteiger partial charge in [0, 0.05) is 12.3 Å². The second-order valence-corrected chi connectivity index (χ2v) is 7.57. The SMILES string of the molecule is CCS(=O)(=O)c1cccnc1-c1ccc(OCC(F)(F)C(F)(F)F)c[n+]1[O-]. The fourth-order valence-electron chi connectivity index (χ4n) is 1.98. The average molecular weight is 412 g/mol. The Morgan fingerprint density at radius 1 is 1.19 bits per heavy atom. The topological polar surface area (TPSA) is 83.2 Å². The van der Waals surface area contributed by atoms with Crippen LogP contribution in [0, 0.1) is 5.21 Å². The Morgan fingerprint density at radius 3 is 2.41 bits per heavy atom. The molecule has 2 rings (SSSR count). The van der Waals surface area contributed by atoms with Gasteiger partial charge >= 0.3 is 12.1 Å². The van der Waals surface area contributed by atoms with Crippen LogP contribution in [0.2, 0.25) is 0 Å². The molecule has 2 heterocycles. The van der Waals surface area contributed by atoms with E-state index >= 15 is 0 Å². The molecule has 0 bridgehead atoms. The van der Waals surface area contributed by atoms with Gasteiger partial charge in [-0.1, -0.05) is 6.92 Å². The number of nitrogens with zero attached hydrogens (tertiary/aromatic N) is 2. The number of aromatic nitrogens is 2. The molecule has 0 saturated carbocycles. The first-order chi connectivity index (χ1) is 12.4. The second-order valence-electron chi connectivity index (χ2n) is 5.32. The van der Waals surface area contributed by atoms with E-state index < -0.39 is 34.3 Å². The van der Waals surface area contributed by atoms with Gasteiger partial charge in [0.1, 0.15) is 0 Å². The first kappa shape index (κ1) is 20.8. The zero-order valence-corrected chi connectivity index (χ0v) is 14.5. The number of alkyl halides is 5. The molecule has 0 saturated heterocycles. The molecule has 0 radical (unpaired) electrons.